The standard InChI is InChI=1S/C13H10BrNO2/c14-10-4-6-11(7-5-10)15-8-9-2-1-3-12(16)13(9)17/h1-8,16-17H. The second kappa shape index (κ2) is 5.01. The molecule has 0 saturated carbocycles. The van der Waals surface area contributed by atoms with Crippen molar-refractivity contribution >= 4 is 27.8 Å². The van der Waals surface area contributed by atoms with Crippen molar-refractivity contribution in [1.29, 1.82) is 0 Å². The first-order valence-corrected chi connectivity index (χ1v) is 5.77. The van der Waals surface area contributed by atoms with Crippen LogP contribution in [-0.2, 0) is 0 Å². The third kappa shape index (κ3) is 2.85. The number of rotatable bonds is 2. The van der Waals surface area contributed by atoms with Gasteiger partial charge < -0.3 is 10.2 Å². The molecule has 0 amide bonds. The lowest BCUT2D eigenvalue weighted by Gasteiger charge is -2.00. The summed E-state index contributed by atoms with van der Waals surface area (Å²) >= 11 is 3.34. The van der Waals surface area contributed by atoms with Crippen LogP contribution in [0.15, 0.2) is 51.9 Å². The highest BCUT2D eigenvalue weighted by molar-refractivity contribution is 9.10. The van der Waals surface area contributed by atoms with Gasteiger partial charge in [-0.25, -0.2) is 0 Å². The number of para-hydroxylation sites is 1. The lowest BCUT2D eigenvalue weighted by Crippen LogP contribution is -1.82. The first-order valence-electron chi connectivity index (χ1n) is 4.97. The van der Waals surface area contributed by atoms with E-state index in [0.717, 1.165) is 10.2 Å². The highest BCUT2D eigenvalue weighted by Gasteiger charge is 2.02. The van der Waals surface area contributed by atoms with Crippen molar-refractivity contribution < 1.29 is 10.2 Å². The van der Waals surface area contributed by atoms with E-state index in [-0.39, 0.29) is 11.5 Å². The van der Waals surface area contributed by atoms with Crippen LogP contribution in [0.5, 0.6) is 11.5 Å². The maximum atomic E-state index is 9.57. The average molecular weight is 292 g/mol. The van der Waals surface area contributed by atoms with Crippen molar-refractivity contribution in [3.05, 3.63) is 52.5 Å². The second-order valence-corrected chi connectivity index (χ2v) is 4.37. The second-order valence-electron chi connectivity index (χ2n) is 3.45. The molecule has 0 fully saturated rings. The maximum Gasteiger partial charge on any atom is 0.166 e. The fraction of sp³-hybridized carbons (Fsp3) is 0. The number of phenolic OH excluding ortho intramolecular Hbond substituents is 2. The number of benzene rings is 2. The van der Waals surface area contributed by atoms with Gasteiger partial charge in [-0.1, -0.05) is 22.0 Å². The van der Waals surface area contributed by atoms with Gasteiger partial charge in [0.25, 0.3) is 0 Å². The van der Waals surface area contributed by atoms with Gasteiger partial charge in [-0.3, -0.25) is 4.99 Å². The summed E-state index contributed by atoms with van der Waals surface area (Å²) in [6.07, 6.45) is 1.51. The molecule has 0 aliphatic rings. The van der Waals surface area contributed by atoms with Crippen molar-refractivity contribution in [3.8, 4) is 11.5 Å². The van der Waals surface area contributed by atoms with E-state index in [1.165, 1.54) is 12.3 Å². The minimum absolute atomic E-state index is 0.148. The molecule has 0 radical (unpaired) electrons. The van der Waals surface area contributed by atoms with Crippen LogP contribution in [0.3, 0.4) is 0 Å². The number of aliphatic imine (C=N–C) groups is 1. The summed E-state index contributed by atoms with van der Waals surface area (Å²) in [7, 11) is 0. The Kier molecular flexibility index (Phi) is 3.44. The third-order valence-electron chi connectivity index (χ3n) is 2.23. The first-order chi connectivity index (χ1) is 8.16. The largest absolute Gasteiger partial charge is 0.504 e. The minimum atomic E-state index is -0.159. The molecular weight excluding hydrogens is 282 g/mol. The molecule has 86 valence electrons. The van der Waals surface area contributed by atoms with Crippen LogP contribution in [-0.4, -0.2) is 16.4 Å². The van der Waals surface area contributed by atoms with E-state index in [4.69, 9.17) is 0 Å². The Bertz CT molecular complexity index is 550. The van der Waals surface area contributed by atoms with Crippen molar-refractivity contribution in [3.63, 3.8) is 0 Å². The van der Waals surface area contributed by atoms with E-state index in [9.17, 15) is 10.2 Å². The molecule has 0 aromatic heterocycles. The number of nitrogens with zero attached hydrogens (tertiary/aromatic N) is 1. The molecule has 0 atom stereocenters. The van der Waals surface area contributed by atoms with Crippen molar-refractivity contribution in [1.82, 2.24) is 0 Å². The van der Waals surface area contributed by atoms with Gasteiger partial charge in [0.2, 0.25) is 0 Å². The van der Waals surface area contributed by atoms with Gasteiger partial charge in [-0.15, -0.1) is 0 Å². The van der Waals surface area contributed by atoms with Crippen LogP contribution in [0.4, 0.5) is 5.69 Å². The molecule has 2 aromatic rings. The molecule has 0 aliphatic carbocycles. The Morgan fingerprint density at radius 2 is 1.71 bits per heavy atom. The minimum Gasteiger partial charge on any atom is -0.504 e. The van der Waals surface area contributed by atoms with Crippen LogP contribution < -0.4 is 0 Å². The molecule has 3 nitrogen and oxygen atoms in total. The zero-order valence-corrected chi connectivity index (χ0v) is 10.4. The molecule has 4 heteroatoms. The van der Waals surface area contributed by atoms with Gasteiger partial charge in [0.15, 0.2) is 11.5 Å². The number of aromatic hydroxyl groups is 2. The van der Waals surface area contributed by atoms with Gasteiger partial charge in [-0.2, -0.15) is 0 Å². The number of halogens is 1. The predicted octanol–water partition coefficient (Wildman–Crippen LogP) is 3.61. The summed E-state index contributed by atoms with van der Waals surface area (Å²) in [5.41, 5.74) is 1.25. The molecule has 2 aromatic carbocycles. The molecule has 0 heterocycles. The quantitative estimate of drug-likeness (QED) is 0.656. The molecule has 0 saturated heterocycles. The van der Waals surface area contributed by atoms with Gasteiger partial charge in [0, 0.05) is 16.3 Å². The Balaban J connectivity index is 2.26. The molecule has 17 heavy (non-hydrogen) atoms. The van der Waals surface area contributed by atoms with Gasteiger partial charge in [-0.05, 0) is 36.4 Å². The van der Waals surface area contributed by atoms with Gasteiger partial charge in [0.05, 0.1) is 5.69 Å². The zero-order valence-electron chi connectivity index (χ0n) is 8.84. The number of hydrogen-bond donors (Lipinski definition) is 2. The maximum absolute atomic E-state index is 9.57. The SMILES string of the molecule is Oc1cccc(C=Nc2ccc(Br)cc2)c1O. The summed E-state index contributed by atoms with van der Waals surface area (Å²) in [6, 6.07) is 12.2. The molecule has 2 N–H and O–H groups in total. The lowest BCUT2D eigenvalue weighted by atomic mass is 10.2. The first kappa shape index (κ1) is 11.7. The molecule has 0 spiro atoms. The van der Waals surface area contributed by atoms with Gasteiger partial charge >= 0.3 is 0 Å². The fourth-order valence-electron chi connectivity index (χ4n) is 1.32. The average Bonchev–Trinajstić information content (AvgIpc) is 2.33. The smallest absolute Gasteiger partial charge is 0.166 e. The monoisotopic (exact) mass is 291 g/mol. The Hall–Kier alpha value is -1.81. The summed E-state index contributed by atoms with van der Waals surface area (Å²) < 4.78 is 0.983. The number of phenols is 2. The van der Waals surface area contributed by atoms with Crippen molar-refractivity contribution in [2.45, 2.75) is 0 Å². The Morgan fingerprint density at radius 1 is 1.00 bits per heavy atom. The van der Waals surface area contributed by atoms with E-state index in [1.54, 1.807) is 12.1 Å². The molecule has 2 rings (SSSR count). The summed E-state index contributed by atoms with van der Waals surface area (Å²) in [5, 5.41) is 18.9. The van der Waals surface area contributed by atoms with Crippen LogP contribution in [0.2, 0.25) is 0 Å². The molecular formula is C13H10BrNO2. The topological polar surface area (TPSA) is 52.8 Å². The molecule has 0 bridgehead atoms. The van der Waals surface area contributed by atoms with Crippen molar-refractivity contribution in [2.24, 2.45) is 4.99 Å². The van der Waals surface area contributed by atoms with E-state index in [2.05, 4.69) is 20.9 Å². The van der Waals surface area contributed by atoms with Crippen LogP contribution in [0, 0.1) is 0 Å². The summed E-state index contributed by atoms with van der Waals surface area (Å²) in [4.78, 5) is 4.20. The molecule has 0 unspecified atom stereocenters. The van der Waals surface area contributed by atoms with E-state index in [1.807, 2.05) is 24.3 Å². The van der Waals surface area contributed by atoms with Crippen LogP contribution in [0.25, 0.3) is 0 Å². The lowest BCUT2D eigenvalue weighted by molar-refractivity contribution is 0.403. The van der Waals surface area contributed by atoms with Crippen LogP contribution in [0.1, 0.15) is 5.56 Å². The Labute approximate surface area is 107 Å². The third-order valence-corrected chi connectivity index (χ3v) is 2.75. The van der Waals surface area contributed by atoms with Gasteiger partial charge in [0.1, 0.15) is 0 Å². The summed E-state index contributed by atoms with van der Waals surface area (Å²) in [5.74, 6) is -0.307. The summed E-state index contributed by atoms with van der Waals surface area (Å²) in [6.45, 7) is 0. The van der Waals surface area contributed by atoms with Crippen molar-refractivity contribution in [2.75, 3.05) is 0 Å². The van der Waals surface area contributed by atoms with E-state index in [0.29, 0.717) is 5.56 Å². The predicted molar refractivity (Wildman–Crippen MR) is 71.2 cm³/mol. The fourth-order valence-corrected chi connectivity index (χ4v) is 1.59. The Morgan fingerprint density at radius 3 is 2.41 bits per heavy atom. The molecule has 0 aliphatic heterocycles. The number of hydrogen-bond acceptors (Lipinski definition) is 3. The normalized spacial score (nSPS) is 10.9. The zero-order chi connectivity index (χ0) is 12.3. The highest BCUT2D eigenvalue weighted by atomic mass is 79.9. The highest BCUT2D eigenvalue weighted by Crippen LogP contribution is 2.27. The van der Waals surface area contributed by atoms with E-state index < -0.39 is 0 Å². The van der Waals surface area contributed by atoms with Crippen LogP contribution >= 0.6 is 15.9 Å². The van der Waals surface area contributed by atoms with E-state index >= 15 is 0 Å².